The quantitative estimate of drug-likeness (QED) is 0.890. The van der Waals surface area contributed by atoms with Gasteiger partial charge in [0.25, 0.3) is 0 Å². The second kappa shape index (κ2) is 7.13. The van der Waals surface area contributed by atoms with Crippen molar-refractivity contribution in [2.75, 3.05) is 23.4 Å². The van der Waals surface area contributed by atoms with Crippen LogP contribution < -0.4 is 15.0 Å². The third-order valence-corrected chi connectivity index (χ3v) is 3.80. The number of hydrogen-bond acceptors (Lipinski definition) is 4. The van der Waals surface area contributed by atoms with Gasteiger partial charge in [0.15, 0.2) is 0 Å². The van der Waals surface area contributed by atoms with Gasteiger partial charge in [-0.05, 0) is 31.5 Å². The van der Waals surface area contributed by atoms with Gasteiger partial charge in [-0.15, -0.1) is 0 Å². The highest BCUT2D eigenvalue weighted by Gasteiger charge is 2.23. The molecule has 0 aliphatic carbocycles. The van der Waals surface area contributed by atoms with E-state index in [9.17, 15) is 4.79 Å². The second-order valence-corrected chi connectivity index (χ2v) is 5.42. The minimum absolute atomic E-state index is 0.190. The average molecular weight is 311 g/mol. The maximum atomic E-state index is 12.0. The first-order chi connectivity index (χ1) is 11.3. The smallest absolute Gasteiger partial charge is 0.227 e. The minimum atomic E-state index is 0.190. The highest BCUT2D eigenvalue weighted by Crippen LogP contribution is 2.29. The van der Waals surface area contributed by atoms with E-state index in [1.165, 1.54) is 0 Å². The van der Waals surface area contributed by atoms with Crippen LogP contribution >= 0.6 is 0 Å². The molecule has 0 bridgehead atoms. The summed E-state index contributed by atoms with van der Waals surface area (Å²) >= 11 is 0. The fourth-order valence-corrected chi connectivity index (χ4v) is 2.73. The van der Waals surface area contributed by atoms with Gasteiger partial charge in [0, 0.05) is 19.0 Å². The molecule has 1 aliphatic rings. The van der Waals surface area contributed by atoms with E-state index in [1.54, 1.807) is 0 Å². The predicted molar refractivity (Wildman–Crippen MR) is 90.8 cm³/mol. The molecule has 1 aromatic heterocycles. The summed E-state index contributed by atoms with van der Waals surface area (Å²) in [5.41, 5.74) is 2.79. The highest BCUT2D eigenvalue weighted by molar-refractivity contribution is 5.98. The molecular formula is C18H21N3O2. The van der Waals surface area contributed by atoms with E-state index in [2.05, 4.69) is 10.3 Å². The maximum absolute atomic E-state index is 12.0. The largest absolute Gasteiger partial charge is 0.478 e. The summed E-state index contributed by atoms with van der Waals surface area (Å²) in [6.07, 6.45) is 1.55. The molecule has 120 valence electrons. The molecule has 0 radical (unpaired) electrons. The van der Waals surface area contributed by atoms with E-state index < -0.39 is 0 Å². The lowest BCUT2D eigenvalue weighted by Crippen LogP contribution is -2.24. The molecule has 1 N–H and O–H groups in total. The number of carbonyl (C=O) groups is 1. The Morgan fingerprint density at radius 1 is 1.22 bits per heavy atom. The SMILES string of the molecule is CCOc1cccc(CNc2ccccc2N2CCCC2=O)n1. The molecule has 0 unspecified atom stereocenters. The molecule has 5 nitrogen and oxygen atoms in total. The molecule has 1 fully saturated rings. The Balaban J connectivity index is 1.73. The summed E-state index contributed by atoms with van der Waals surface area (Å²) in [6.45, 7) is 3.91. The predicted octanol–water partition coefficient (Wildman–Crippen LogP) is 3.22. The van der Waals surface area contributed by atoms with Gasteiger partial charge in [-0.25, -0.2) is 4.98 Å². The number of benzene rings is 1. The number of hydrogen-bond donors (Lipinski definition) is 1. The summed E-state index contributed by atoms with van der Waals surface area (Å²) < 4.78 is 5.43. The molecule has 2 aromatic rings. The molecule has 1 saturated heterocycles. The molecule has 1 amide bonds. The lowest BCUT2D eigenvalue weighted by molar-refractivity contribution is -0.117. The van der Waals surface area contributed by atoms with Gasteiger partial charge < -0.3 is 15.0 Å². The van der Waals surface area contributed by atoms with Crippen LogP contribution in [0.15, 0.2) is 42.5 Å². The highest BCUT2D eigenvalue weighted by atomic mass is 16.5. The number of nitrogens with one attached hydrogen (secondary N) is 1. The number of pyridine rings is 1. The van der Waals surface area contributed by atoms with E-state index >= 15 is 0 Å². The van der Waals surface area contributed by atoms with Crippen LogP contribution in [0.25, 0.3) is 0 Å². The fraction of sp³-hybridized carbons (Fsp3) is 0.333. The van der Waals surface area contributed by atoms with Crippen molar-refractivity contribution >= 4 is 17.3 Å². The number of amides is 1. The summed E-state index contributed by atoms with van der Waals surface area (Å²) in [6, 6.07) is 13.6. The number of anilines is 2. The molecule has 0 atom stereocenters. The van der Waals surface area contributed by atoms with Crippen molar-refractivity contribution < 1.29 is 9.53 Å². The van der Waals surface area contributed by atoms with E-state index in [4.69, 9.17) is 4.74 Å². The van der Waals surface area contributed by atoms with Gasteiger partial charge in [0.1, 0.15) is 0 Å². The topological polar surface area (TPSA) is 54.5 Å². The average Bonchev–Trinajstić information content (AvgIpc) is 3.00. The molecule has 23 heavy (non-hydrogen) atoms. The Hall–Kier alpha value is -2.56. The molecule has 5 heteroatoms. The number of carbonyl (C=O) groups excluding carboxylic acids is 1. The third-order valence-electron chi connectivity index (χ3n) is 3.80. The lowest BCUT2D eigenvalue weighted by atomic mass is 10.2. The zero-order chi connectivity index (χ0) is 16.1. The van der Waals surface area contributed by atoms with Gasteiger partial charge in [-0.2, -0.15) is 0 Å². The van der Waals surface area contributed by atoms with Crippen LogP contribution in [0, 0.1) is 0 Å². The molecule has 3 rings (SSSR count). The number of ether oxygens (including phenoxy) is 1. The van der Waals surface area contributed by atoms with Crippen molar-refractivity contribution in [1.82, 2.24) is 4.98 Å². The van der Waals surface area contributed by atoms with E-state index in [1.807, 2.05) is 54.3 Å². The van der Waals surface area contributed by atoms with Crippen LogP contribution in [0.1, 0.15) is 25.5 Å². The third kappa shape index (κ3) is 3.62. The normalized spacial score (nSPS) is 14.1. The summed E-state index contributed by atoms with van der Waals surface area (Å²) in [4.78, 5) is 18.3. The van der Waals surface area contributed by atoms with Crippen molar-refractivity contribution in [2.45, 2.75) is 26.3 Å². The zero-order valence-corrected chi connectivity index (χ0v) is 13.3. The molecule has 0 spiro atoms. The van der Waals surface area contributed by atoms with E-state index in [-0.39, 0.29) is 5.91 Å². The Labute approximate surface area is 136 Å². The van der Waals surface area contributed by atoms with Crippen LogP contribution in [0.2, 0.25) is 0 Å². The van der Waals surface area contributed by atoms with Crippen molar-refractivity contribution in [2.24, 2.45) is 0 Å². The van der Waals surface area contributed by atoms with Gasteiger partial charge in [0.2, 0.25) is 11.8 Å². The van der Waals surface area contributed by atoms with Crippen LogP contribution in [0.3, 0.4) is 0 Å². The summed E-state index contributed by atoms with van der Waals surface area (Å²) in [5.74, 6) is 0.825. The van der Waals surface area contributed by atoms with Crippen molar-refractivity contribution in [3.05, 3.63) is 48.2 Å². The Morgan fingerprint density at radius 3 is 2.87 bits per heavy atom. The molecule has 2 heterocycles. The van der Waals surface area contributed by atoms with E-state index in [0.717, 1.165) is 30.0 Å². The molecule has 0 saturated carbocycles. The number of rotatable bonds is 6. The first-order valence-electron chi connectivity index (χ1n) is 8.00. The number of aromatic nitrogens is 1. The van der Waals surface area contributed by atoms with Gasteiger partial charge in [-0.3, -0.25) is 4.79 Å². The van der Waals surface area contributed by atoms with E-state index in [0.29, 0.717) is 25.5 Å². The van der Waals surface area contributed by atoms with Crippen molar-refractivity contribution in [3.8, 4) is 5.88 Å². The van der Waals surface area contributed by atoms with Crippen molar-refractivity contribution in [1.29, 1.82) is 0 Å². The van der Waals surface area contributed by atoms with Crippen LogP contribution in [0.4, 0.5) is 11.4 Å². The summed E-state index contributed by atoms with van der Waals surface area (Å²) in [7, 11) is 0. The van der Waals surface area contributed by atoms with Crippen LogP contribution in [0.5, 0.6) is 5.88 Å². The number of para-hydroxylation sites is 2. The molecular weight excluding hydrogens is 290 g/mol. The summed E-state index contributed by atoms with van der Waals surface area (Å²) in [5, 5.41) is 3.38. The maximum Gasteiger partial charge on any atom is 0.227 e. The first-order valence-corrected chi connectivity index (χ1v) is 8.00. The Kier molecular flexibility index (Phi) is 4.76. The fourth-order valence-electron chi connectivity index (χ4n) is 2.73. The monoisotopic (exact) mass is 311 g/mol. The number of nitrogens with zero attached hydrogens (tertiary/aromatic N) is 2. The second-order valence-electron chi connectivity index (χ2n) is 5.42. The van der Waals surface area contributed by atoms with Gasteiger partial charge in [-0.1, -0.05) is 18.2 Å². The first kappa shape index (κ1) is 15.3. The minimum Gasteiger partial charge on any atom is -0.478 e. The molecule has 1 aliphatic heterocycles. The molecule has 1 aromatic carbocycles. The van der Waals surface area contributed by atoms with Crippen LogP contribution in [-0.4, -0.2) is 24.0 Å². The Bertz CT molecular complexity index is 687. The van der Waals surface area contributed by atoms with Crippen LogP contribution in [-0.2, 0) is 11.3 Å². The lowest BCUT2D eigenvalue weighted by Gasteiger charge is -2.20. The zero-order valence-electron chi connectivity index (χ0n) is 13.3. The van der Waals surface area contributed by atoms with Gasteiger partial charge in [0.05, 0.1) is 30.2 Å². The van der Waals surface area contributed by atoms with Gasteiger partial charge >= 0.3 is 0 Å². The standard InChI is InChI=1S/C18H21N3O2/c1-2-23-17-10-5-7-14(20-17)13-19-15-8-3-4-9-16(15)21-12-6-11-18(21)22/h3-5,7-10,19H,2,6,11-13H2,1H3. The Morgan fingerprint density at radius 2 is 2.09 bits per heavy atom. The van der Waals surface area contributed by atoms with Crippen molar-refractivity contribution in [3.63, 3.8) is 0 Å².